The second-order valence-electron chi connectivity index (χ2n) is 7.21. The molecule has 0 unspecified atom stereocenters. The van der Waals surface area contributed by atoms with Gasteiger partial charge in [-0.2, -0.15) is 0 Å². The Bertz CT molecular complexity index is 1040. The van der Waals surface area contributed by atoms with E-state index in [-0.39, 0.29) is 18.4 Å². The van der Waals surface area contributed by atoms with E-state index in [2.05, 4.69) is 5.32 Å². The van der Waals surface area contributed by atoms with Crippen molar-refractivity contribution < 1.29 is 23.4 Å². The Hall–Kier alpha value is -3.15. The molecule has 1 amide bonds. The van der Waals surface area contributed by atoms with Crippen molar-refractivity contribution in [1.29, 1.82) is 0 Å². The number of carbonyl (C=O) groups excluding carboxylic acids is 1. The molecule has 0 saturated carbocycles. The zero-order valence-corrected chi connectivity index (χ0v) is 16.9. The lowest BCUT2D eigenvalue weighted by atomic mass is 10.1. The molecule has 0 fully saturated rings. The van der Waals surface area contributed by atoms with Crippen molar-refractivity contribution in [3.8, 4) is 17.2 Å². The molecule has 0 bridgehead atoms. The molecule has 1 aliphatic heterocycles. The molecule has 1 aromatic heterocycles. The Morgan fingerprint density at radius 1 is 1.24 bits per heavy atom. The highest BCUT2D eigenvalue weighted by atomic mass is 16.5. The molecule has 0 spiro atoms. The number of nitrogens with one attached hydrogen (secondary N) is 1. The Morgan fingerprint density at radius 2 is 2.10 bits per heavy atom. The number of amides is 1. The number of ether oxygens (including phenoxy) is 3. The van der Waals surface area contributed by atoms with Gasteiger partial charge in [-0.3, -0.25) is 4.79 Å². The summed E-state index contributed by atoms with van der Waals surface area (Å²) in [6.07, 6.45) is 2.90. The van der Waals surface area contributed by atoms with E-state index in [1.54, 1.807) is 13.4 Å². The molecule has 6 heteroatoms. The first-order valence-corrected chi connectivity index (χ1v) is 9.83. The molecule has 152 valence electrons. The quantitative estimate of drug-likeness (QED) is 0.654. The maximum Gasteiger partial charge on any atom is 0.224 e. The summed E-state index contributed by atoms with van der Waals surface area (Å²) in [6.45, 7) is 4.95. The van der Waals surface area contributed by atoms with Crippen molar-refractivity contribution in [1.82, 2.24) is 5.32 Å². The number of fused-ring (bicyclic) bond motifs is 2. The summed E-state index contributed by atoms with van der Waals surface area (Å²) in [7, 11) is 1.61. The molecule has 1 atom stereocenters. The fourth-order valence-corrected chi connectivity index (χ4v) is 3.67. The van der Waals surface area contributed by atoms with Crippen molar-refractivity contribution in [3.05, 3.63) is 53.3 Å². The molecular weight excluding hydrogens is 370 g/mol. The normalized spacial score (nSPS) is 15.1. The maximum absolute atomic E-state index is 12.6. The zero-order valence-electron chi connectivity index (χ0n) is 16.9. The van der Waals surface area contributed by atoms with E-state index in [9.17, 15) is 4.79 Å². The van der Waals surface area contributed by atoms with Crippen LogP contribution in [-0.4, -0.2) is 25.7 Å². The second-order valence-corrected chi connectivity index (χ2v) is 7.21. The van der Waals surface area contributed by atoms with Crippen LogP contribution in [0.1, 0.15) is 30.5 Å². The van der Waals surface area contributed by atoms with Crippen LogP contribution in [0.25, 0.3) is 11.0 Å². The predicted octanol–water partition coefficient (Wildman–Crippen LogP) is 4.02. The molecule has 1 N–H and O–H groups in total. The Kier molecular flexibility index (Phi) is 5.34. The number of rotatable bonds is 7. The molecular formula is C23H25NO5. The van der Waals surface area contributed by atoms with Crippen LogP contribution < -0.4 is 19.5 Å². The minimum atomic E-state index is -0.0826. The first kappa shape index (κ1) is 19.2. The van der Waals surface area contributed by atoms with Gasteiger partial charge in [0.05, 0.1) is 26.4 Å². The number of furan rings is 1. The van der Waals surface area contributed by atoms with Gasteiger partial charge in [-0.1, -0.05) is 0 Å². The van der Waals surface area contributed by atoms with Gasteiger partial charge in [0.2, 0.25) is 5.91 Å². The second kappa shape index (κ2) is 8.07. The number of benzene rings is 2. The fraction of sp³-hybridized carbons (Fsp3) is 0.348. The van der Waals surface area contributed by atoms with Gasteiger partial charge in [0.15, 0.2) is 0 Å². The van der Waals surface area contributed by atoms with Crippen LogP contribution in [0, 0.1) is 0 Å². The number of hydrogen-bond donors (Lipinski definition) is 1. The lowest BCUT2D eigenvalue weighted by Crippen LogP contribution is -2.24. The highest BCUT2D eigenvalue weighted by Crippen LogP contribution is 2.35. The van der Waals surface area contributed by atoms with Crippen LogP contribution in [0.15, 0.2) is 41.0 Å². The Balaban J connectivity index is 1.45. The first-order chi connectivity index (χ1) is 14.1. The molecule has 0 saturated heterocycles. The molecule has 29 heavy (non-hydrogen) atoms. The van der Waals surface area contributed by atoms with E-state index in [0.717, 1.165) is 45.7 Å². The summed E-state index contributed by atoms with van der Waals surface area (Å²) in [5.74, 6) is 2.31. The van der Waals surface area contributed by atoms with Gasteiger partial charge in [0.1, 0.15) is 28.9 Å². The third kappa shape index (κ3) is 4.01. The van der Waals surface area contributed by atoms with Crippen LogP contribution in [0.4, 0.5) is 0 Å². The van der Waals surface area contributed by atoms with Crippen molar-refractivity contribution in [2.45, 2.75) is 39.3 Å². The van der Waals surface area contributed by atoms with E-state index < -0.39 is 0 Å². The third-order valence-electron chi connectivity index (χ3n) is 5.07. The highest BCUT2D eigenvalue weighted by molar-refractivity contribution is 5.88. The minimum absolute atomic E-state index is 0.0826. The van der Waals surface area contributed by atoms with Crippen LogP contribution in [0.2, 0.25) is 0 Å². The van der Waals surface area contributed by atoms with Gasteiger partial charge in [-0.25, -0.2) is 0 Å². The number of methoxy groups -OCH3 is 1. The average Bonchev–Trinajstić information content (AvgIpc) is 3.27. The predicted molar refractivity (Wildman–Crippen MR) is 110 cm³/mol. The van der Waals surface area contributed by atoms with Crippen molar-refractivity contribution in [2.24, 2.45) is 0 Å². The van der Waals surface area contributed by atoms with Gasteiger partial charge in [0.25, 0.3) is 0 Å². The Morgan fingerprint density at radius 3 is 2.90 bits per heavy atom. The summed E-state index contributed by atoms with van der Waals surface area (Å²) in [6, 6.07) is 9.59. The van der Waals surface area contributed by atoms with E-state index in [1.807, 2.05) is 44.2 Å². The minimum Gasteiger partial charge on any atom is -0.497 e. The van der Waals surface area contributed by atoms with Crippen molar-refractivity contribution >= 4 is 16.9 Å². The zero-order chi connectivity index (χ0) is 20.4. The van der Waals surface area contributed by atoms with Gasteiger partial charge in [0, 0.05) is 41.1 Å². The third-order valence-corrected chi connectivity index (χ3v) is 5.07. The summed E-state index contributed by atoms with van der Waals surface area (Å²) in [5.41, 5.74) is 3.61. The molecule has 0 radical (unpaired) electrons. The summed E-state index contributed by atoms with van der Waals surface area (Å²) in [5, 5.41) is 3.90. The van der Waals surface area contributed by atoms with Crippen molar-refractivity contribution in [3.63, 3.8) is 0 Å². The lowest BCUT2D eigenvalue weighted by molar-refractivity contribution is -0.120. The van der Waals surface area contributed by atoms with E-state index in [0.29, 0.717) is 18.7 Å². The first-order valence-electron chi connectivity index (χ1n) is 9.83. The van der Waals surface area contributed by atoms with Crippen molar-refractivity contribution in [2.75, 3.05) is 13.7 Å². The molecule has 0 aliphatic carbocycles. The van der Waals surface area contributed by atoms with Gasteiger partial charge in [-0.05, 0) is 38.1 Å². The van der Waals surface area contributed by atoms with Crippen LogP contribution in [0.3, 0.4) is 0 Å². The number of carbonyl (C=O) groups is 1. The van der Waals surface area contributed by atoms with Crippen LogP contribution in [-0.2, 0) is 24.2 Å². The lowest BCUT2D eigenvalue weighted by Gasteiger charge is -2.13. The summed E-state index contributed by atoms with van der Waals surface area (Å²) in [4.78, 5) is 12.6. The Labute approximate surface area is 169 Å². The molecule has 2 heterocycles. The smallest absolute Gasteiger partial charge is 0.224 e. The average molecular weight is 395 g/mol. The summed E-state index contributed by atoms with van der Waals surface area (Å²) < 4.78 is 22.4. The fourth-order valence-electron chi connectivity index (χ4n) is 3.67. The molecule has 6 nitrogen and oxygen atoms in total. The molecule has 3 aromatic rings. The summed E-state index contributed by atoms with van der Waals surface area (Å²) >= 11 is 0. The molecule has 4 rings (SSSR count). The van der Waals surface area contributed by atoms with Gasteiger partial charge >= 0.3 is 0 Å². The van der Waals surface area contributed by atoms with Gasteiger partial charge in [-0.15, -0.1) is 0 Å². The number of hydrogen-bond acceptors (Lipinski definition) is 5. The molecule has 1 aliphatic rings. The highest BCUT2D eigenvalue weighted by Gasteiger charge is 2.22. The van der Waals surface area contributed by atoms with Crippen LogP contribution in [0.5, 0.6) is 17.2 Å². The largest absolute Gasteiger partial charge is 0.497 e. The monoisotopic (exact) mass is 395 g/mol. The standard InChI is InChI=1S/C23H25NO5/c1-4-27-20-8-15-7-14(2)29-21(15)9-16(20)12-24-23(25)10-17-13-28-22-11-18(26-3)5-6-19(17)22/h5-6,8-9,11,13-14H,4,7,10,12H2,1-3H3,(H,24,25)/t14-/m0/s1. The van der Waals surface area contributed by atoms with E-state index >= 15 is 0 Å². The van der Waals surface area contributed by atoms with E-state index in [4.69, 9.17) is 18.6 Å². The van der Waals surface area contributed by atoms with Crippen LogP contribution >= 0.6 is 0 Å². The molecule has 2 aromatic carbocycles. The maximum atomic E-state index is 12.6. The SMILES string of the molecule is CCOc1cc2c(cc1CNC(=O)Cc1coc3cc(OC)ccc13)O[C@@H](C)C2. The van der Waals surface area contributed by atoms with Gasteiger partial charge < -0.3 is 23.9 Å². The topological polar surface area (TPSA) is 69.9 Å². The van der Waals surface area contributed by atoms with E-state index in [1.165, 1.54) is 0 Å².